The van der Waals surface area contributed by atoms with Gasteiger partial charge in [0.05, 0.1) is 0 Å². The molecule has 0 radical (unpaired) electrons. The van der Waals surface area contributed by atoms with Crippen LogP contribution in [0.3, 0.4) is 0 Å². The minimum atomic E-state index is -0.493. The quantitative estimate of drug-likeness (QED) is 0.775. The predicted octanol–water partition coefficient (Wildman–Crippen LogP) is 1.74. The Hall–Kier alpha value is -2.18. The number of hydrogen-bond donors (Lipinski definition) is 0. The second kappa shape index (κ2) is 6.29. The molecule has 0 aliphatic carbocycles. The van der Waals surface area contributed by atoms with E-state index in [1.807, 2.05) is 25.7 Å². The molecule has 2 rings (SSSR count). The van der Waals surface area contributed by atoms with E-state index >= 15 is 0 Å². The summed E-state index contributed by atoms with van der Waals surface area (Å²) in [4.78, 5) is 35.5. The first-order chi connectivity index (χ1) is 10.3. The molecule has 0 unspecified atom stereocenters. The summed E-state index contributed by atoms with van der Waals surface area (Å²) >= 11 is 0. The average molecular weight is 306 g/mol. The maximum atomic E-state index is 12.0. The molecular weight excluding hydrogens is 284 g/mol. The molecule has 7 heteroatoms. The molecule has 1 aliphatic heterocycles. The molecule has 1 aromatic heterocycles. The molecule has 2 heterocycles. The number of ketones is 1. The highest BCUT2D eigenvalue weighted by atomic mass is 16.6. The highest BCUT2D eigenvalue weighted by Crippen LogP contribution is 2.15. The Bertz CT molecular complexity index is 560. The van der Waals surface area contributed by atoms with Gasteiger partial charge < -0.3 is 14.5 Å². The van der Waals surface area contributed by atoms with Crippen molar-refractivity contribution in [3.05, 3.63) is 18.0 Å². The third-order valence-corrected chi connectivity index (χ3v) is 3.22. The third kappa shape index (κ3) is 4.16. The molecule has 22 heavy (non-hydrogen) atoms. The number of ether oxygens (including phenoxy) is 1. The minimum Gasteiger partial charge on any atom is -0.444 e. The summed E-state index contributed by atoms with van der Waals surface area (Å²) in [5, 5.41) is 0. The highest BCUT2D eigenvalue weighted by molar-refractivity contribution is 5.92. The standard InChI is InChI=1S/C15H22N4O3/c1-11(20)12-5-6-16-13(17-12)18-7-9-19(10-8-18)14(21)22-15(2,3)4/h5-6H,7-10H2,1-4H3. The topological polar surface area (TPSA) is 75.6 Å². The van der Waals surface area contributed by atoms with Crippen LogP contribution >= 0.6 is 0 Å². The van der Waals surface area contributed by atoms with Crippen molar-refractivity contribution >= 4 is 17.8 Å². The summed E-state index contributed by atoms with van der Waals surface area (Å²) in [6.45, 7) is 9.34. The van der Waals surface area contributed by atoms with E-state index in [1.165, 1.54) is 6.92 Å². The maximum Gasteiger partial charge on any atom is 0.410 e. The smallest absolute Gasteiger partial charge is 0.410 e. The molecule has 1 aromatic rings. The van der Waals surface area contributed by atoms with E-state index in [-0.39, 0.29) is 11.9 Å². The minimum absolute atomic E-state index is 0.0870. The number of carbonyl (C=O) groups is 2. The van der Waals surface area contributed by atoms with Crippen LogP contribution in [0.1, 0.15) is 38.2 Å². The number of piperazine rings is 1. The molecule has 0 saturated carbocycles. The van der Waals surface area contributed by atoms with Crippen molar-refractivity contribution in [3.8, 4) is 0 Å². The molecule has 0 N–H and O–H groups in total. The Morgan fingerprint density at radius 3 is 2.36 bits per heavy atom. The van der Waals surface area contributed by atoms with Gasteiger partial charge in [0.1, 0.15) is 11.3 Å². The summed E-state index contributed by atoms with van der Waals surface area (Å²) in [5.41, 5.74) is -0.0905. The summed E-state index contributed by atoms with van der Waals surface area (Å²) in [6, 6.07) is 1.60. The van der Waals surface area contributed by atoms with Crippen molar-refractivity contribution in [2.45, 2.75) is 33.3 Å². The molecule has 1 aliphatic rings. The zero-order valence-electron chi connectivity index (χ0n) is 13.5. The van der Waals surface area contributed by atoms with Crippen molar-refractivity contribution in [2.24, 2.45) is 0 Å². The van der Waals surface area contributed by atoms with E-state index in [9.17, 15) is 9.59 Å². The van der Waals surface area contributed by atoms with Gasteiger partial charge in [-0.15, -0.1) is 0 Å². The second-order valence-electron chi connectivity index (χ2n) is 6.25. The number of aromatic nitrogens is 2. The molecule has 120 valence electrons. The van der Waals surface area contributed by atoms with Crippen LogP contribution in [0.4, 0.5) is 10.7 Å². The van der Waals surface area contributed by atoms with Gasteiger partial charge in [0, 0.05) is 39.3 Å². The number of nitrogens with zero attached hydrogens (tertiary/aromatic N) is 4. The number of hydrogen-bond acceptors (Lipinski definition) is 6. The number of carbonyl (C=O) groups excluding carboxylic acids is 2. The van der Waals surface area contributed by atoms with Gasteiger partial charge in [0.25, 0.3) is 0 Å². The van der Waals surface area contributed by atoms with E-state index in [2.05, 4.69) is 9.97 Å². The molecule has 1 amide bonds. The van der Waals surface area contributed by atoms with Crippen LogP contribution in [0.5, 0.6) is 0 Å². The van der Waals surface area contributed by atoms with Crippen LogP contribution in [-0.4, -0.2) is 58.5 Å². The van der Waals surface area contributed by atoms with Gasteiger partial charge in [-0.1, -0.05) is 0 Å². The Morgan fingerprint density at radius 2 is 1.82 bits per heavy atom. The van der Waals surface area contributed by atoms with Gasteiger partial charge in [0.15, 0.2) is 5.78 Å². The lowest BCUT2D eigenvalue weighted by molar-refractivity contribution is 0.0240. The molecule has 0 atom stereocenters. The summed E-state index contributed by atoms with van der Waals surface area (Å²) in [5.74, 6) is 0.438. The number of rotatable bonds is 2. The molecule has 0 bridgehead atoms. The third-order valence-electron chi connectivity index (χ3n) is 3.22. The van der Waals surface area contributed by atoms with Gasteiger partial charge >= 0.3 is 6.09 Å². The number of Topliss-reactive ketones (excluding diaryl/α,β-unsaturated/α-hetero) is 1. The fraction of sp³-hybridized carbons (Fsp3) is 0.600. The van der Waals surface area contributed by atoms with E-state index in [1.54, 1.807) is 17.2 Å². The first-order valence-electron chi connectivity index (χ1n) is 7.33. The molecule has 0 spiro atoms. The monoisotopic (exact) mass is 306 g/mol. The Morgan fingerprint density at radius 1 is 1.18 bits per heavy atom. The highest BCUT2D eigenvalue weighted by Gasteiger charge is 2.26. The predicted molar refractivity (Wildman–Crippen MR) is 82.1 cm³/mol. The van der Waals surface area contributed by atoms with Crippen molar-refractivity contribution in [1.29, 1.82) is 0 Å². The van der Waals surface area contributed by atoms with E-state index in [0.29, 0.717) is 37.8 Å². The first kappa shape index (κ1) is 16.2. The van der Waals surface area contributed by atoms with Gasteiger partial charge in [-0.3, -0.25) is 4.79 Å². The normalized spacial score (nSPS) is 15.6. The zero-order valence-corrected chi connectivity index (χ0v) is 13.5. The maximum absolute atomic E-state index is 12.0. The SMILES string of the molecule is CC(=O)c1ccnc(N2CCN(C(=O)OC(C)(C)C)CC2)n1. The van der Waals surface area contributed by atoms with Gasteiger partial charge in [-0.2, -0.15) is 0 Å². The molecule has 1 fully saturated rings. The van der Waals surface area contributed by atoms with Crippen molar-refractivity contribution in [1.82, 2.24) is 14.9 Å². The number of anilines is 1. The van der Waals surface area contributed by atoms with Crippen LogP contribution in [0, 0.1) is 0 Å². The van der Waals surface area contributed by atoms with Gasteiger partial charge in [0.2, 0.25) is 5.95 Å². The van der Waals surface area contributed by atoms with Crippen LogP contribution in [0.2, 0.25) is 0 Å². The molecule has 7 nitrogen and oxygen atoms in total. The Labute approximate surface area is 130 Å². The second-order valence-corrected chi connectivity index (χ2v) is 6.25. The van der Waals surface area contributed by atoms with Crippen molar-refractivity contribution in [3.63, 3.8) is 0 Å². The lowest BCUT2D eigenvalue weighted by atomic mass is 10.2. The van der Waals surface area contributed by atoms with E-state index in [0.717, 1.165) is 0 Å². The Balaban J connectivity index is 1.96. The average Bonchev–Trinajstić information content (AvgIpc) is 2.46. The lowest BCUT2D eigenvalue weighted by Crippen LogP contribution is -2.50. The van der Waals surface area contributed by atoms with Crippen LogP contribution in [-0.2, 0) is 4.74 Å². The molecular formula is C15H22N4O3. The van der Waals surface area contributed by atoms with Gasteiger partial charge in [-0.25, -0.2) is 14.8 Å². The van der Waals surface area contributed by atoms with Crippen molar-refractivity contribution in [2.75, 3.05) is 31.1 Å². The molecule has 0 aromatic carbocycles. The fourth-order valence-corrected chi connectivity index (χ4v) is 2.11. The van der Waals surface area contributed by atoms with Crippen LogP contribution in [0.25, 0.3) is 0 Å². The summed E-state index contributed by atoms with van der Waals surface area (Å²) in [6.07, 6.45) is 1.28. The van der Waals surface area contributed by atoms with Crippen LogP contribution in [0.15, 0.2) is 12.3 Å². The summed E-state index contributed by atoms with van der Waals surface area (Å²) < 4.78 is 5.36. The Kier molecular flexibility index (Phi) is 4.63. The first-order valence-corrected chi connectivity index (χ1v) is 7.33. The fourth-order valence-electron chi connectivity index (χ4n) is 2.11. The lowest BCUT2D eigenvalue weighted by Gasteiger charge is -2.35. The van der Waals surface area contributed by atoms with E-state index in [4.69, 9.17) is 4.74 Å². The van der Waals surface area contributed by atoms with E-state index < -0.39 is 5.60 Å². The summed E-state index contributed by atoms with van der Waals surface area (Å²) in [7, 11) is 0. The molecule has 1 saturated heterocycles. The zero-order chi connectivity index (χ0) is 16.3. The van der Waals surface area contributed by atoms with Crippen molar-refractivity contribution < 1.29 is 14.3 Å². The van der Waals surface area contributed by atoms with Gasteiger partial charge in [-0.05, 0) is 26.8 Å². The van der Waals surface area contributed by atoms with Crippen LogP contribution < -0.4 is 4.90 Å². The largest absolute Gasteiger partial charge is 0.444 e. The number of amides is 1.